The molecule has 1 atom stereocenters. The fourth-order valence-corrected chi connectivity index (χ4v) is 3.41. The van der Waals surface area contributed by atoms with Crippen LogP contribution in [0.1, 0.15) is 25.8 Å². The van der Waals surface area contributed by atoms with Gasteiger partial charge in [0.2, 0.25) is 5.91 Å². The van der Waals surface area contributed by atoms with Crippen LogP contribution in [0.15, 0.2) is 59.8 Å². The van der Waals surface area contributed by atoms with E-state index >= 15 is 0 Å². The van der Waals surface area contributed by atoms with Crippen molar-refractivity contribution in [2.75, 3.05) is 5.75 Å². The zero-order valence-electron chi connectivity index (χ0n) is 15.9. The molecule has 0 saturated heterocycles. The highest BCUT2D eigenvalue weighted by atomic mass is 32.2. The van der Waals surface area contributed by atoms with Gasteiger partial charge in [-0.2, -0.15) is 0 Å². The number of carbonyl (C=O) groups is 1. The summed E-state index contributed by atoms with van der Waals surface area (Å²) in [6, 6.07) is 16.3. The van der Waals surface area contributed by atoms with Crippen LogP contribution in [-0.4, -0.2) is 32.5 Å². The number of hydrogen-bond donors (Lipinski definition) is 1. The molecule has 0 aliphatic heterocycles. The van der Waals surface area contributed by atoms with Gasteiger partial charge in [0, 0.05) is 11.6 Å². The van der Waals surface area contributed by atoms with Gasteiger partial charge in [0.15, 0.2) is 11.0 Å². The highest BCUT2D eigenvalue weighted by Crippen LogP contribution is 2.25. The fraction of sp³-hybridized carbons (Fsp3) is 0.286. The number of benzene rings is 2. The first-order valence-electron chi connectivity index (χ1n) is 9.22. The van der Waals surface area contributed by atoms with Crippen molar-refractivity contribution in [2.24, 2.45) is 0 Å². The minimum atomic E-state index is -0.297. The maximum atomic E-state index is 13.3. The van der Waals surface area contributed by atoms with E-state index in [1.54, 1.807) is 12.1 Å². The third-order valence-corrected chi connectivity index (χ3v) is 5.32. The number of hydrogen-bond acceptors (Lipinski definition) is 4. The topological polar surface area (TPSA) is 59.8 Å². The number of aromatic nitrogens is 3. The Hall–Kier alpha value is -2.67. The normalized spacial score (nSPS) is 12.0. The summed E-state index contributed by atoms with van der Waals surface area (Å²) < 4.78 is 15.3. The van der Waals surface area contributed by atoms with Crippen molar-refractivity contribution in [1.29, 1.82) is 0 Å². The van der Waals surface area contributed by atoms with Gasteiger partial charge in [-0.15, -0.1) is 10.2 Å². The third kappa shape index (κ3) is 5.19. The van der Waals surface area contributed by atoms with Crippen molar-refractivity contribution in [3.05, 3.63) is 66.0 Å². The van der Waals surface area contributed by atoms with Gasteiger partial charge < -0.3 is 5.32 Å². The van der Waals surface area contributed by atoms with Crippen LogP contribution in [0.4, 0.5) is 4.39 Å². The monoisotopic (exact) mass is 398 g/mol. The molecular formula is C21H23FN4OS. The van der Waals surface area contributed by atoms with Crippen LogP contribution in [0, 0.1) is 5.82 Å². The van der Waals surface area contributed by atoms with Crippen molar-refractivity contribution in [2.45, 2.75) is 38.0 Å². The average molecular weight is 399 g/mol. The second kappa shape index (κ2) is 9.50. The first kappa shape index (κ1) is 20.1. The molecule has 28 heavy (non-hydrogen) atoms. The van der Waals surface area contributed by atoms with Gasteiger partial charge in [-0.1, -0.05) is 49.0 Å². The van der Waals surface area contributed by atoms with Gasteiger partial charge in [0.1, 0.15) is 5.82 Å². The van der Waals surface area contributed by atoms with Crippen LogP contribution in [0.2, 0.25) is 0 Å². The first-order valence-corrected chi connectivity index (χ1v) is 10.2. The molecule has 2 aromatic carbocycles. The Morgan fingerprint density at radius 2 is 1.86 bits per heavy atom. The molecule has 1 aromatic heterocycles. The van der Waals surface area contributed by atoms with E-state index in [4.69, 9.17) is 0 Å². The summed E-state index contributed by atoms with van der Waals surface area (Å²) in [5.41, 5.74) is 1.87. The zero-order valence-corrected chi connectivity index (χ0v) is 16.7. The van der Waals surface area contributed by atoms with Gasteiger partial charge in [-0.3, -0.25) is 9.36 Å². The van der Waals surface area contributed by atoms with E-state index in [9.17, 15) is 9.18 Å². The van der Waals surface area contributed by atoms with Crippen LogP contribution in [0.3, 0.4) is 0 Å². The number of carbonyl (C=O) groups excluding carboxylic acids is 1. The van der Waals surface area contributed by atoms with Crippen LogP contribution < -0.4 is 5.32 Å². The van der Waals surface area contributed by atoms with Gasteiger partial charge in [0.25, 0.3) is 0 Å². The average Bonchev–Trinajstić information content (AvgIpc) is 3.10. The van der Waals surface area contributed by atoms with E-state index in [0.29, 0.717) is 17.5 Å². The molecule has 146 valence electrons. The second-order valence-electron chi connectivity index (χ2n) is 6.55. The molecule has 1 heterocycles. The predicted octanol–water partition coefficient (Wildman–Crippen LogP) is 4.14. The van der Waals surface area contributed by atoms with Crippen LogP contribution >= 0.6 is 11.8 Å². The molecule has 0 aliphatic carbocycles. The molecule has 7 heteroatoms. The Morgan fingerprint density at radius 3 is 2.54 bits per heavy atom. The molecular weight excluding hydrogens is 375 g/mol. The Morgan fingerprint density at radius 1 is 1.14 bits per heavy atom. The molecule has 3 aromatic rings. The zero-order chi connectivity index (χ0) is 19.9. The minimum absolute atomic E-state index is 0.0306. The standard InChI is InChI=1S/C21H23FN4OS/c1-3-15(2)23-19(27)14-28-21-25-24-20(17-9-11-18(22)12-10-17)26(21)13-16-7-5-4-6-8-16/h4-12,15H,3,13-14H2,1-2H3,(H,23,27)/t15-/m1/s1. The highest BCUT2D eigenvalue weighted by Gasteiger charge is 2.16. The summed E-state index contributed by atoms with van der Waals surface area (Å²) in [5, 5.41) is 12.2. The molecule has 0 bridgehead atoms. The number of rotatable bonds is 8. The molecule has 1 N–H and O–H groups in total. The summed E-state index contributed by atoms with van der Waals surface area (Å²) in [6.45, 7) is 4.58. The molecule has 3 rings (SSSR count). The van der Waals surface area contributed by atoms with Crippen molar-refractivity contribution in [1.82, 2.24) is 20.1 Å². The Kier molecular flexibility index (Phi) is 6.81. The SMILES string of the molecule is CC[C@@H](C)NC(=O)CSc1nnc(-c2ccc(F)cc2)n1Cc1ccccc1. The van der Waals surface area contributed by atoms with E-state index in [2.05, 4.69) is 15.5 Å². The molecule has 0 fully saturated rings. The van der Waals surface area contributed by atoms with E-state index in [-0.39, 0.29) is 23.5 Å². The fourth-order valence-electron chi connectivity index (χ4n) is 2.67. The molecule has 0 saturated carbocycles. The van der Waals surface area contributed by atoms with Crippen molar-refractivity contribution >= 4 is 17.7 Å². The lowest BCUT2D eigenvalue weighted by Crippen LogP contribution is -2.33. The molecule has 0 aliphatic rings. The van der Waals surface area contributed by atoms with E-state index in [1.807, 2.05) is 48.7 Å². The van der Waals surface area contributed by atoms with Crippen molar-refractivity contribution < 1.29 is 9.18 Å². The van der Waals surface area contributed by atoms with Gasteiger partial charge in [-0.05, 0) is 43.2 Å². The Labute approximate surface area is 168 Å². The maximum absolute atomic E-state index is 13.3. The highest BCUT2D eigenvalue weighted by molar-refractivity contribution is 7.99. The number of nitrogens with one attached hydrogen (secondary N) is 1. The lowest BCUT2D eigenvalue weighted by atomic mass is 10.2. The van der Waals surface area contributed by atoms with Crippen molar-refractivity contribution in [3.8, 4) is 11.4 Å². The largest absolute Gasteiger partial charge is 0.353 e. The number of amides is 1. The molecule has 0 unspecified atom stereocenters. The van der Waals surface area contributed by atoms with Crippen LogP contribution in [0.25, 0.3) is 11.4 Å². The van der Waals surface area contributed by atoms with Gasteiger partial charge in [0.05, 0.1) is 12.3 Å². The molecule has 0 spiro atoms. The minimum Gasteiger partial charge on any atom is -0.353 e. The summed E-state index contributed by atoms with van der Waals surface area (Å²) >= 11 is 1.35. The molecule has 1 amide bonds. The summed E-state index contributed by atoms with van der Waals surface area (Å²) in [4.78, 5) is 12.1. The third-order valence-electron chi connectivity index (χ3n) is 4.35. The molecule has 0 radical (unpaired) electrons. The summed E-state index contributed by atoms with van der Waals surface area (Å²) in [6.07, 6.45) is 0.884. The molecule has 5 nitrogen and oxygen atoms in total. The van der Waals surface area contributed by atoms with Crippen LogP contribution in [-0.2, 0) is 11.3 Å². The Balaban J connectivity index is 1.85. The maximum Gasteiger partial charge on any atom is 0.230 e. The van der Waals surface area contributed by atoms with E-state index < -0.39 is 0 Å². The second-order valence-corrected chi connectivity index (χ2v) is 7.49. The lowest BCUT2D eigenvalue weighted by Gasteiger charge is -2.12. The lowest BCUT2D eigenvalue weighted by molar-refractivity contribution is -0.119. The predicted molar refractivity (Wildman–Crippen MR) is 110 cm³/mol. The Bertz CT molecular complexity index is 912. The van der Waals surface area contributed by atoms with Gasteiger partial charge in [-0.25, -0.2) is 4.39 Å². The first-order chi connectivity index (χ1) is 13.6. The van der Waals surface area contributed by atoms with Crippen LogP contribution in [0.5, 0.6) is 0 Å². The van der Waals surface area contributed by atoms with E-state index in [0.717, 1.165) is 17.5 Å². The smallest absolute Gasteiger partial charge is 0.230 e. The number of nitrogens with zero attached hydrogens (tertiary/aromatic N) is 3. The quantitative estimate of drug-likeness (QED) is 0.580. The summed E-state index contributed by atoms with van der Waals surface area (Å²) in [7, 11) is 0. The number of halogens is 1. The van der Waals surface area contributed by atoms with Gasteiger partial charge >= 0.3 is 0 Å². The van der Waals surface area contributed by atoms with E-state index in [1.165, 1.54) is 23.9 Å². The summed E-state index contributed by atoms with van der Waals surface area (Å²) in [5.74, 6) is 0.584. The van der Waals surface area contributed by atoms with Crippen molar-refractivity contribution in [3.63, 3.8) is 0 Å². The number of thioether (sulfide) groups is 1.